The Kier molecular flexibility index (Phi) is 4.18. The van der Waals surface area contributed by atoms with Crippen LogP contribution in [0.5, 0.6) is 5.75 Å². The summed E-state index contributed by atoms with van der Waals surface area (Å²) in [5, 5.41) is 2.61. The SMILES string of the molecule is CCOc1ccc(-c2ccc(C(=O)NC)cc2)cc1. The van der Waals surface area contributed by atoms with Gasteiger partial charge in [-0.05, 0) is 42.3 Å². The summed E-state index contributed by atoms with van der Waals surface area (Å²) in [6, 6.07) is 15.5. The first-order chi connectivity index (χ1) is 9.24. The number of benzene rings is 2. The topological polar surface area (TPSA) is 38.3 Å². The highest BCUT2D eigenvalue weighted by atomic mass is 16.5. The molecule has 98 valence electrons. The van der Waals surface area contributed by atoms with Gasteiger partial charge < -0.3 is 10.1 Å². The molecule has 0 saturated heterocycles. The molecule has 0 fully saturated rings. The van der Waals surface area contributed by atoms with Crippen molar-refractivity contribution >= 4 is 5.91 Å². The van der Waals surface area contributed by atoms with Gasteiger partial charge in [-0.3, -0.25) is 4.79 Å². The van der Waals surface area contributed by atoms with Crippen molar-refractivity contribution in [2.75, 3.05) is 13.7 Å². The smallest absolute Gasteiger partial charge is 0.251 e. The maximum absolute atomic E-state index is 11.5. The van der Waals surface area contributed by atoms with E-state index >= 15 is 0 Å². The number of rotatable bonds is 4. The zero-order valence-electron chi connectivity index (χ0n) is 11.1. The molecular weight excluding hydrogens is 238 g/mol. The maximum Gasteiger partial charge on any atom is 0.251 e. The Hall–Kier alpha value is -2.29. The van der Waals surface area contributed by atoms with Crippen LogP contribution in [-0.4, -0.2) is 19.6 Å². The second-order valence-corrected chi connectivity index (χ2v) is 4.11. The molecule has 0 aliphatic carbocycles. The molecule has 0 atom stereocenters. The highest BCUT2D eigenvalue weighted by Gasteiger charge is 2.03. The van der Waals surface area contributed by atoms with E-state index in [1.54, 1.807) is 7.05 Å². The molecule has 0 heterocycles. The van der Waals surface area contributed by atoms with Gasteiger partial charge in [0, 0.05) is 12.6 Å². The standard InChI is InChI=1S/C16H17NO2/c1-3-19-15-10-8-13(9-11-15)12-4-6-14(7-5-12)16(18)17-2/h4-11H,3H2,1-2H3,(H,17,18). The van der Waals surface area contributed by atoms with E-state index in [1.807, 2.05) is 55.5 Å². The van der Waals surface area contributed by atoms with Gasteiger partial charge in [-0.25, -0.2) is 0 Å². The fraction of sp³-hybridized carbons (Fsp3) is 0.188. The summed E-state index contributed by atoms with van der Waals surface area (Å²) in [7, 11) is 1.63. The van der Waals surface area contributed by atoms with Crippen molar-refractivity contribution in [1.29, 1.82) is 0 Å². The van der Waals surface area contributed by atoms with E-state index in [2.05, 4.69) is 5.32 Å². The molecule has 3 nitrogen and oxygen atoms in total. The van der Waals surface area contributed by atoms with E-state index in [0.29, 0.717) is 12.2 Å². The second kappa shape index (κ2) is 6.05. The van der Waals surface area contributed by atoms with Gasteiger partial charge in [0.15, 0.2) is 0 Å². The Bertz CT molecular complexity index is 544. The monoisotopic (exact) mass is 255 g/mol. The van der Waals surface area contributed by atoms with Gasteiger partial charge in [-0.15, -0.1) is 0 Å². The third-order valence-corrected chi connectivity index (χ3v) is 2.87. The van der Waals surface area contributed by atoms with E-state index in [0.717, 1.165) is 16.9 Å². The average Bonchev–Trinajstić information content (AvgIpc) is 2.48. The minimum atomic E-state index is -0.0711. The molecule has 1 N–H and O–H groups in total. The highest BCUT2D eigenvalue weighted by molar-refractivity contribution is 5.94. The van der Waals surface area contributed by atoms with E-state index in [-0.39, 0.29) is 5.91 Å². The van der Waals surface area contributed by atoms with E-state index < -0.39 is 0 Å². The van der Waals surface area contributed by atoms with E-state index in [9.17, 15) is 4.79 Å². The Balaban J connectivity index is 2.19. The first-order valence-electron chi connectivity index (χ1n) is 6.30. The number of carbonyl (C=O) groups excluding carboxylic acids is 1. The molecular formula is C16H17NO2. The van der Waals surface area contributed by atoms with Gasteiger partial charge in [-0.2, -0.15) is 0 Å². The first kappa shape index (κ1) is 13.1. The van der Waals surface area contributed by atoms with Gasteiger partial charge in [0.1, 0.15) is 5.75 Å². The minimum absolute atomic E-state index is 0.0711. The van der Waals surface area contributed by atoms with Crippen LogP contribution in [-0.2, 0) is 0 Å². The number of amides is 1. The van der Waals surface area contributed by atoms with Crippen LogP contribution < -0.4 is 10.1 Å². The molecule has 2 aromatic carbocycles. The molecule has 0 spiro atoms. The predicted octanol–water partition coefficient (Wildman–Crippen LogP) is 3.11. The molecule has 2 aromatic rings. The normalized spacial score (nSPS) is 10.0. The zero-order valence-corrected chi connectivity index (χ0v) is 11.1. The molecule has 1 amide bonds. The number of nitrogens with one attached hydrogen (secondary N) is 1. The average molecular weight is 255 g/mol. The predicted molar refractivity (Wildman–Crippen MR) is 76.4 cm³/mol. The summed E-state index contributed by atoms with van der Waals surface area (Å²) in [4.78, 5) is 11.5. The highest BCUT2D eigenvalue weighted by Crippen LogP contribution is 2.22. The van der Waals surface area contributed by atoms with E-state index in [4.69, 9.17) is 4.74 Å². The third kappa shape index (κ3) is 3.13. The molecule has 0 unspecified atom stereocenters. The Morgan fingerprint density at radius 1 is 1.00 bits per heavy atom. The van der Waals surface area contributed by atoms with Crippen molar-refractivity contribution < 1.29 is 9.53 Å². The van der Waals surface area contributed by atoms with Gasteiger partial charge in [0.25, 0.3) is 5.91 Å². The third-order valence-electron chi connectivity index (χ3n) is 2.87. The van der Waals surface area contributed by atoms with Crippen LogP contribution >= 0.6 is 0 Å². The summed E-state index contributed by atoms with van der Waals surface area (Å²) in [6.07, 6.45) is 0. The Morgan fingerprint density at radius 2 is 1.53 bits per heavy atom. The fourth-order valence-corrected chi connectivity index (χ4v) is 1.87. The van der Waals surface area contributed by atoms with E-state index in [1.165, 1.54) is 0 Å². The van der Waals surface area contributed by atoms with Gasteiger partial charge >= 0.3 is 0 Å². The van der Waals surface area contributed by atoms with Crippen molar-refractivity contribution in [1.82, 2.24) is 5.32 Å². The van der Waals surface area contributed by atoms with Crippen LogP contribution in [0.1, 0.15) is 17.3 Å². The molecule has 0 saturated carbocycles. The van der Waals surface area contributed by atoms with Crippen LogP contribution in [0.15, 0.2) is 48.5 Å². The minimum Gasteiger partial charge on any atom is -0.494 e. The van der Waals surface area contributed by atoms with Crippen molar-refractivity contribution in [3.63, 3.8) is 0 Å². The molecule has 0 aromatic heterocycles. The molecule has 0 radical (unpaired) electrons. The van der Waals surface area contributed by atoms with Gasteiger partial charge in [0.2, 0.25) is 0 Å². The van der Waals surface area contributed by atoms with Gasteiger partial charge in [-0.1, -0.05) is 24.3 Å². The zero-order chi connectivity index (χ0) is 13.7. The van der Waals surface area contributed by atoms with Crippen LogP contribution in [0.3, 0.4) is 0 Å². The van der Waals surface area contributed by atoms with Crippen molar-refractivity contribution in [2.24, 2.45) is 0 Å². The molecule has 0 aliphatic rings. The first-order valence-corrected chi connectivity index (χ1v) is 6.30. The quantitative estimate of drug-likeness (QED) is 0.911. The molecule has 3 heteroatoms. The maximum atomic E-state index is 11.5. The largest absolute Gasteiger partial charge is 0.494 e. The molecule has 0 bridgehead atoms. The van der Waals surface area contributed by atoms with Crippen LogP contribution in [0.25, 0.3) is 11.1 Å². The van der Waals surface area contributed by atoms with Crippen LogP contribution in [0.2, 0.25) is 0 Å². The molecule has 0 aliphatic heterocycles. The lowest BCUT2D eigenvalue weighted by Crippen LogP contribution is -2.17. The summed E-state index contributed by atoms with van der Waals surface area (Å²) in [5.41, 5.74) is 2.85. The second-order valence-electron chi connectivity index (χ2n) is 4.11. The number of hydrogen-bond donors (Lipinski definition) is 1. The lowest BCUT2D eigenvalue weighted by atomic mass is 10.0. The van der Waals surface area contributed by atoms with Crippen molar-refractivity contribution in [2.45, 2.75) is 6.92 Å². The Morgan fingerprint density at radius 3 is 2.00 bits per heavy atom. The van der Waals surface area contributed by atoms with Crippen molar-refractivity contribution in [3.8, 4) is 16.9 Å². The number of ether oxygens (including phenoxy) is 1. The van der Waals surface area contributed by atoms with Crippen molar-refractivity contribution in [3.05, 3.63) is 54.1 Å². The summed E-state index contributed by atoms with van der Waals surface area (Å²) >= 11 is 0. The summed E-state index contributed by atoms with van der Waals surface area (Å²) in [5.74, 6) is 0.798. The van der Waals surface area contributed by atoms with Gasteiger partial charge in [0.05, 0.1) is 6.61 Å². The summed E-state index contributed by atoms with van der Waals surface area (Å²) < 4.78 is 5.41. The molecule has 2 rings (SSSR count). The summed E-state index contributed by atoms with van der Waals surface area (Å²) in [6.45, 7) is 2.63. The number of carbonyl (C=O) groups is 1. The fourth-order valence-electron chi connectivity index (χ4n) is 1.87. The van der Waals surface area contributed by atoms with Crippen LogP contribution in [0.4, 0.5) is 0 Å². The van der Waals surface area contributed by atoms with Crippen LogP contribution in [0, 0.1) is 0 Å². The lowest BCUT2D eigenvalue weighted by molar-refractivity contribution is 0.0963. The number of hydrogen-bond acceptors (Lipinski definition) is 2. The Labute approximate surface area is 113 Å². The lowest BCUT2D eigenvalue weighted by Gasteiger charge is -2.06. The molecule has 19 heavy (non-hydrogen) atoms.